The fourth-order valence-electron chi connectivity index (χ4n) is 3.03. The van der Waals surface area contributed by atoms with Crippen LogP contribution in [0.3, 0.4) is 0 Å². The Morgan fingerprint density at radius 1 is 1.32 bits per heavy atom. The molecule has 3 nitrogen and oxygen atoms in total. The lowest BCUT2D eigenvalue weighted by Gasteiger charge is -2.34. The smallest absolute Gasteiger partial charge is 0.122 e. The first-order chi connectivity index (χ1) is 9.11. The lowest BCUT2D eigenvalue weighted by molar-refractivity contribution is -0.0254. The van der Waals surface area contributed by atoms with Crippen molar-refractivity contribution in [2.75, 3.05) is 14.2 Å². The predicted molar refractivity (Wildman–Crippen MR) is 77.9 cm³/mol. The van der Waals surface area contributed by atoms with Crippen molar-refractivity contribution in [1.29, 1.82) is 0 Å². The zero-order valence-electron chi connectivity index (χ0n) is 11.6. The molecule has 0 saturated heterocycles. The van der Waals surface area contributed by atoms with Crippen LogP contribution >= 0.6 is 11.6 Å². The first kappa shape index (κ1) is 14.6. The van der Waals surface area contributed by atoms with Crippen molar-refractivity contribution >= 4 is 11.6 Å². The van der Waals surface area contributed by atoms with E-state index in [1.807, 2.05) is 18.2 Å². The Bertz CT molecular complexity index is 430. The average molecular weight is 284 g/mol. The van der Waals surface area contributed by atoms with Gasteiger partial charge in [0.2, 0.25) is 0 Å². The molecule has 1 aromatic carbocycles. The molecule has 0 spiro atoms. The third-order valence-electron chi connectivity index (χ3n) is 4.21. The summed E-state index contributed by atoms with van der Waals surface area (Å²) in [4.78, 5) is 0. The highest BCUT2D eigenvalue weighted by Gasteiger charge is 2.39. The van der Waals surface area contributed by atoms with Crippen LogP contribution in [0.5, 0.6) is 5.75 Å². The van der Waals surface area contributed by atoms with Crippen LogP contribution in [0.2, 0.25) is 5.02 Å². The molecule has 1 aliphatic carbocycles. The highest BCUT2D eigenvalue weighted by atomic mass is 35.5. The van der Waals surface area contributed by atoms with Crippen LogP contribution in [-0.4, -0.2) is 25.9 Å². The first-order valence-corrected chi connectivity index (χ1v) is 7.12. The maximum absolute atomic E-state index is 6.41. The van der Waals surface area contributed by atoms with Crippen molar-refractivity contribution in [3.63, 3.8) is 0 Å². The van der Waals surface area contributed by atoms with Gasteiger partial charge in [0.25, 0.3) is 0 Å². The van der Waals surface area contributed by atoms with E-state index in [4.69, 9.17) is 26.8 Å². The normalized spacial score (nSPS) is 19.4. The van der Waals surface area contributed by atoms with Crippen molar-refractivity contribution < 1.29 is 9.47 Å². The second kappa shape index (κ2) is 6.12. The van der Waals surface area contributed by atoms with Crippen molar-refractivity contribution in [2.24, 2.45) is 5.73 Å². The molecule has 2 rings (SSSR count). The Labute approximate surface area is 120 Å². The van der Waals surface area contributed by atoms with E-state index in [1.165, 1.54) is 12.8 Å². The standard InChI is InChI=1S/C15H22ClNO2/c1-18-13-6-5-12(16)9-11(13)10-14(17)15(19-2)7-3-4-8-15/h5-6,9,14H,3-4,7-8,10,17H2,1-2H3. The highest BCUT2D eigenvalue weighted by molar-refractivity contribution is 6.30. The molecular weight excluding hydrogens is 262 g/mol. The number of hydrogen-bond acceptors (Lipinski definition) is 3. The van der Waals surface area contributed by atoms with Crippen molar-refractivity contribution in [3.8, 4) is 5.75 Å². The SMILES string of the molecule is COc1ccc(Cl)cc1CC(N)C1(OC)CCCC1. The van der Waals surface area contributed by atoms with Crippen LogP contribution < -0.4 is 10.5 Å². The van der Waals surface area contributed by atoms with E-state index in [-0.39, 0.29) is 11.6 Å². The molecule has 0 aliphatic heterocycles. The van der Waals surface area contributed by atoms with Crippen LogP contribution in [0.15, 0.2) is 18.2 Å². The van der Waals surface area contributed by atoms with E-state index in [0.29, 0.717) is 5.02 Å². The summed E-state index contributed by atoms with van der Waals surface area (Å²) < 4.78 is 11.1. The third kappa shape index (κ3) is 3.04. The van der Waals surface area contributed by atoms with Crippen molar-refractivity contribution in [3.05, 3.63) is 28.8 Å². The molecule has 106 valence electrons. The van der Waals surface area contributed by atoms with E-state index in [9.17, 15) is 0 Å². The highest BCUT2D eigenvalue weighted by Crippen LogP contribution is 2.37. The molecule has 0 heterocycles. The maximum Gasteiger partial charge on any atom is 0.122 e. The quantitative estimate of drug-likeness (QED) is 0.903. The number of methoxy groups -OCH3 is 2. The van der Waals surface area contributed by atoms with Crippen LogP contribution in [0.25, 0.3) is 0 Å². The van der Waals surface area contributed by atoms with Gasteiger partial charge in [-0.25, -0.2) is 0 Å². The van der Waals surface area contributed by atoms with Crippen molar-refractivity contribution in [2.45, 2.75) is 43.7 Å². The number of rotatable bonds is 5. The summed E-state index contributed by atoms with van der Waals surface area (Å²) >= 11 is 6.06. The summed E-state index contributed by atoms with van der Waals surface area (Å²) in [6, 6.07) is 5.61. The number of nitrogens with two attached hydrogens (primary N) is 1. The number of ether oxygens (including phenoxy) is 2. The molecule has 2 N–H and O–H groups in total. The summed E-state index contributed by atoms with van der Waals surface area (Å²) in [5, 5.41) is 0.709. The number of benzene rings is 1. The lowest BCUT2D eigenvalue weighted by Crippen LogP contribution is -2.48. The molecule has 0 aromatic heterocycles. The van der Waals surface area contributed by atoms with Gasteiger partial charge in [0.05, 0.1) is 12.7 Å². The molecule has 4 heteroatoms. The Morgan fingerprint density at radius 2 is 2.00 bits per heavy atom. The molecule has 1 aliphatic rings. The Morgan fingerprint density at radius 3 is 2.58 bits per heavy atom. The number of halogens is 1. The van der Waals surface area contributed by atoms with Crippen LogP contribution in [-0.2, 0) is 11.2 Å². The largest absolute Gasteiger partial charge is 0.496 e. The second-order valence-electron chi connectivity index (χ2n) is 5.24. The molecule has 1 saturated carbocycles. The van der Waals surface area contributed by atoms with Gasteiger partial charge in [-0.05, 0) is 43.0 Å². The zero-order valence-corrected chi connectivity index (χ0v) is 12.4. The minimum atomic E-state index is -0.187. The Hall–Kier alpha value is -0.770. The molecule has 1 fully saturated rings. The van der Waals surface area contributed by atoms with Gasteiger partial charge >= 0.3 is 0 Å². The van der Waals surface area contributed by atoms with Crippen LogP contribution in [0, 0.1) is 0 Å². The van der Waals surface area contributed by atoms with Gasteiger partial charge in [-0.3, -0.25) is 0 Å². The molecule has 1 unspecified atom stereocenters. The molecule has 19 heavy (non-hydrogen) atoms. The predicted octanol–water partition coefficient (Wildman–Crippen LogP) is 3.18. The minimum absolute atomic E-state index is 0.0348. The summed E-state index contributed by atoms with van der Waals surface area (Å²) in [5.41, 5.74) is 7.27. The fourth-order valence-corrected chi connectivity index (χ4v) is 3.22. The van der Waals surface area contributed by atoms with E-state index < -0.39 is 0 Å². The van der Waals surface area contributed by atoms with Crippen LogP contribution in [0.4, 0.5) is 0 Å². The van der Waals surface area contributed by atoms with Gasteiger partial charge in [-0.1, -0.05) is 24.4 Å². The van der Waals surface area contributed by atoms with Crippen molar-refractivity contribution in [1.82, 2.24) is 0 Å². The van der Waals surface area contributed by atoms with E-state index in [1.54, 1.807) is 14.2 Å². The summed E-state index contributed by atoms with van der Waals surface area (Å²) in [6.07, 6.45) is 5.17. The topological polar surface area (TPSA) is 44.5 Å². The molecule has 1 aromatic rings. The van der Waals surface area contributed by atoms with E-state index in [2.05, 4.69) is 0 Å². The van der Waals surface area contributed by atoms with Gasteiger partial charge in [0.1, 0.15) is 5.75 Å². The number of hydrogen-bond donors (Lipinski definition) is 1. The van der Waals surface area contributed by atoms with Crippen LogP contribution in [0.1, 0.15) is 31.2 Å². The van der Waals surface area contributed by atoms with Gasteiger partial charge in [0, 0.05) is 18.2 Å². The molecule has 0 bridgehead atoms. The Kier molecular flexibility index (Phi) is 4.71. The zero-order chi connectivity index (χ0) is 13.9. The van der Waals surface area contributed by atoms with Gasteiger partial charge in [0.15, 0.2) is 0 Å². The average Bonchev–Trinajstić information content (AvgIpc) is 2.89. The molecule has 0 amide bonds. The van der Waals surface area contributed by atoms with Gasteiger partial charge < -0.3 is 15.2 Å². The van der Waals surface area contributed by atoms with Gasteiger partial charge in [-0.2, -0.15) is 0 Å². The molecule has 0 radical (unpaired) electrons. The molecule has 1 atom stereocenters. The fraction of sp³-hybridized carbons (Fsp3) is 0.600. The first-order valence-electron chi connectivity index (χ1n) is 6.74. The Balaban J connectivity index is 2.18. The van der Waals surface area contributed by atoms with Gasteiger partial charge in [-0.15, -0.1) is 0 Å². The molecular formula is C15H22ClNO2. The van der Waals surface area contributed by atoms with E-state index >= 15 is 0 Å². The lowest BCUT2D eigenvalue weighted by atomic mass is 9.88. The van der Waals surface area contributed by atoms with E-state index in [0.717, 1.165) is 30.6 Å². The maximum atomic E-state index is 6.41. The third-order valence-corrected chi connectivity index (χ3v) is 4.45. The monoisotopic (exact) mass is 283 g/mol. The summed E-state index contributed by atoms with van der Waals surface area (Å²) in [5.74, 6) is 0.837. The summed E-state index contributed by atoms with van der Waals surface area (Å²) in [7, 11) is 3.43. The second-order valence-corrected chi connectivity index (χ2v) is 5.68. The summed E-state index contributed by atoms with van der Waals surface area (Å²) in [6.45, 7) is 0. The minimum Gasteiger partial charge on any atom is -0.496 e.